The molecule has 4 saturated carbocycles. The third-order valence-corrected chi connectivity index (χ3v) is 7.12. The van der Waals surface area contributed by atoms with E-state index >= 15 is 0 Å². The van der Waals surface area contributed by atoms with Crippen molar-refractivity contribution in [2.45, 2.75) is 45.1 Å². The molecular formula is C25H27NO3. The average molecular weight is 389 g/mol. The molecule has 4 bridgehead atoms. The van der Waals surface area contributed by atoms with Gasteiger partial charge in [0.15, 0.2) is 5.78 Å². The van der Waals surface area contributed by atoms with Crippen LogP contribution in [-0.4, -0.2) is 18.0 Å². The molecule has 0 saturated heterocycles. The van der Waals surface area contributed by atoms with E-state index in [0.717, 1.165) is 28.7 Å². The Balaban J connectivity index is 1.23. The Morgan fingerprint density at radius 1 is 0.862 bits per heavy atom. The Labute approximate surface area is 171 Å². The van der Waals surface area contributed by atoms with Gasteiger partial charge in [0.25, 0.3) is 0 Å². The summed E-state index contributed by atoms with van der Waals surface area (Å²) >= 11 is 0. The number of carbonyl (C=O) groups excluding carboxylic acids is 2. The van der Waals surface area contributed by atoms with Gasteiger partial charge in [-0.1, -0.05) is 30.3 Å². The number of rotatable bonds is 4. The van der Waals surface area contributed by atoms with E-state index in [1.165, 1.54) is 32.1 Å². The Hall–Kier alpha value is -2.62. The highest BCUT2D eigenvalue weighted by atomic mass is 16.6. The summed E-state index contributed by atoms with van der Waals surface area (Å²) in [6, 6.07) is 15.3. The number of hydrogen-bond acceptors (Lipinski definition) is 3. The molecule has 0 aliphatic heterocycles. The lowest BCUT2D eigenvalue weighted by molar-refractivity contribution is -0.0933. The minimum Gasteiger partial charge on any atom is -0.445 e. The molecule has 0 radical (unpaired) electrons. The van der Waals surface area contributed by atoms with Crippen LogP contribution in [0, 0.1) is 23.7 Å². The monoisotopic (exact) mass is 389 g/mol. The molecule has 1 N–H and O–H groups in total. The fourth-order valence-electron chi connectivity index (χ4n) is 6.00. The van der Waals surface area contributed by atoms with Crippen LogP contribution in [-0.2, 0) is 4.74 Å². The van der Waals surface area contributed by atoms with Crippen LogP contribution in [0.15, 0.2) is 48.5 Å². The molecule has 4 heteroatoms. The molecule has 1 amide bonds. The van der Waals surface area contributed by atoms with E-state index < -0.39 is 0 Å². The van der Waals surface area contributed by atoms with Gasteiger partial charge < -0.3 is 4.74 Å². The lowest BCUT2D eigenvalue weighted by Crippen LogP contribution is -2.50. The summed E-state index contributed by atoms with van der Waals surface area (Å²) in [5.74, 6) is 2.92. The van der Waals surface area contributed by atoms with Crippen molar-refractivity contribution < 1.29 is 14.3 Å². The zero-order valence-electron chi connectivity index (χ0n) is 16.8. The van der Waals surface area contributed by atoms with E-state index in [0.29, 0.717) is 17.4 Å². The Kier molecular flexibility index (Phi) is 4.65. The molecule has 4 fully saturated rings. The van der Waals surface area contributed by atoms with E-state index in [1.54, 1.807) is 6.92 Å². The topological polar surface area (TPSA) is 55.4 Å². The fraction of sp³-hybridized carbons (Fsp3) is 0.440. The number of Topliss-reactive ketones (excluding diaryl/α,β-unsaturated/α-hetero) is 1. The Morgan fingerprint density at radius 3 is 2.14 bits per heavy atom. The largest absolute Gasteiger partial charge is 0.445 e. The second-order valence-corrected chi connectivity index (χ2v) is 9.14. The molecule has 4 nitrogen and oxygen atoms in total. The number of carbonyl (C=O) groups is 2. The number of ketones is 1. The van der Waals surface area contributed by atoms with E-state index in [-0.39, 0.29) is 18.0 Å². The fourth-order valence-corrected chi connectivity index (χ4v) is 6.00. The van der Waals surface area contributed by atoms with Crippen molar-refractivity contribution in [3.63, 3.8) is 0 Å². The normalized spacial score (nSPS) is 29.5. The average Bonchev–Trinajstić information content (AvgIpc) is 2.71. The molecule has 2 aromatic carbocycles. The number of nitrogens with one attached hydrogen (secondary N) is 1. The quantitative estimate of drug-likeness (QED) is 0.660. The summed E-state index contributed by atoms with van der Waals surface area (Å²) in [7, 11) is 0. The number of benzene rings is 2. The number of hydrogen-bond donors (Lipinski definition) is 1. The standard InChI is InChI=1S/C25H27NO3/c1-15(27)19-3-2-4-20(14-19)18-5-7-23(8-6-18)26-25(28)29-24-21-10-16-9-17(12-21)13-22(24)11-16/h2-8,14,16-17,21-22,24H,9-13H2,1H3,(H,26,28). The zero-order valence-corrected chi connectivity index (χ0v) is 16.8. The zero-order chi connectivity index (χ0) is 20.0. The minimum atomic E-state index is -0.339. The highest BCUT2D eigenvalue weighted by molar-refractivity contribution is 5.95. The van der Waals surface area contributed by atoms with Crippen molar-refractivity contribution in [3.05, 3.63) is 54.1 Å². The second kappa shape index (κ2) is 7.33. The molecule has 4 aliphatic rings. The van der Waals surface area contributed by atoms with Gasteiger partial charge in [-0.3, -0.25) is 10.1 Å². The van der Waals surface area contributed by atoms with Gasteiger partial charge in [0.2, 0.25) is 0 Å². The minimum absolute atomic E-state index is 0.0534. The molecule has 0 heterocycles. The molecule has 6 rings (SSSR count). The van der Waals surface area contributed by atoms with E-state index in [1.807, 2.05) is 48.5 Å². The van der Waals surface area contributed by atoms with Crippen LogP contribution >= 0.6 is 0 Å². The number of amides is 1. The molecule has 29 heavy (non-hydrogen) atoms. The van der Waals surface area contributed by atoms with Crippen LogP contribution in [0.4, 0.5) is 10.5 Å². The van der Waals surface area contributed by atoms with Gasteiger partial charge >= 0.3 is 6.09 Å². The van der Waals surface area contributed by atoms with Crippen LogP contribution in [0.1, 0.15) is 49.4 Å². The first-order chi connectivity index (χ1) is 14.0. The summed E-state index contributed by atoms with van der Waals surface area (Å²) in [4.78, 5) is 24.1. The van der Waals surface area contributed by atoms with Gasteiger partial charge in [-0.15, -0.1) is 0 Å². The maximum Gasteiger partial charge on any atom is 0.411 e. The number of ether oxygens (including phenoxy) is 1. The highest BCUT2D eigenvalue weighted by Crippen LogP contribution is 2.54. The van der Waals surface area contributed by atoms with Crippen molar-refractivity contribution in [1.29, 1.82) is 0 Å². The van der Waals surface area contributed by atoms with E-state index in [2.05, 4.69) is 5.32 Å². The second-order valence-electron chi connectivity index (χ2n) is 9.14. The van der Waals surface area contributed by atoms with Crippen LogP contribution in [0.25, 0.3) is 11.1 Å². The molecule has 0 atom stereocenters. The molecule has 0 spiro atoms. The molecule has 150 valence electrons. The lowest BCUT2D eigenvalue weighted by Gasteiger charge is -2.53. The summed E-state index contributed by atoms with van der Waals surface area (Å²) in [6.07, 6.45) is 6.09. The maximum atomic E-state index is 12.5. The molecule has 4 aliphatic carbocycles. The molecular weight excluding hydrogens is 362 g/mol. The van der Waals surface area contributed by atoms with Gasteiger partial charge in [-0.25, -0.2) is 4.79 Å². The van der Waals surface area contributed by atoms with Crippen molar-refractivity contribution in [1.82, 2.24) is 0 Å². The van der Waals surface area contributed by atoms with Gasteiger partial charge in [-0.2, -0.15) is 0 Å². The Bertz CT molecular complexity index is 905. The van der Waals surface area contributed by atoms with Gasteiger partial charge in [0.1, 0.15) is 6.10 Å². The Morgan fingerprint density at radius 2 is 1.52 bits per heavy atom. The first-order valence-corrected chi connectivity index (χ1v) is 10.7. The number of anilines is 1. The van der Waals surface area contributed by atoms with Gasteiger partial charge in [0.05, 0.1) is 0 Å². The third kappa shape index (κ3) is 3.68. The van der Waals surface area contributed by atoms with Crippen LogP contribution in [0.3, 0.4) is 0 Å². The highest BCUT2D eigenvalue weighted by Gasteiger charge is 2.49. The van der Waals surface area contributed by atoms with E-state index in [4.69, 9.17) is 4.74 Å². The smallest absolute Gasteiger partial charge is 0.411 e. The maximum absolute atomic E-state index is 12.5. The van der Waals surface area contributed by atoms with Crippen LogP contribution < -0.4 is 5.32 Å². The van der Waals surface area contributed by atoms with Gasteiger partial charge in [-0.05, 0) is 92.0 Å². The molecule has 0 unspecified atom stereocenters. The van der Waals surface area contributed by atoms with Crippen molar-refractivity contribution in [3.8, 4) is 11.1 Å². The first-order valence-electron chi connectivity index (χ1n) is 10.7. The van der Waals surface area contributed by atoms with Crippen LogP contribution in [0.5, 0.6) is 0 Å². The lowest BCUT2D eigenvalue weighted by atomic mass is 9.55. The third-order valence-electron chi connectivity index (χ3n) is 7.12. The molecule has 0 aromatic heterocycles. The predicted molar refractivity (Wildman–Crippen MR) is 113 cm³/mol. The van der Waals surface area contributed by atoms with Crippen molar-refractivity contribution in [2.75, 3.05) is 5.32 Å². The predicted octanol–water partition coefficient (Wildman–Crippen LogP) is 5.93. The SMILES string of the molecule is CC(=O)c1cccc(-c2ccc(NC(=O)OC3C4CC5CC(C4)CC3C5)cc2)c1. The van der Waals surface area contributed by atoms with Gasteiger partial charge in [0, 0.05) is 11.3 Å². The summed E-state index contributed by atoms with van der Waals surface area (Å²) in [5.41, 5.74) is 3.42. The first kappa shape index (κ1) is 18.4. The van der Waals surface area contributed by atoms with Crippen LogP contribution in [0.2, 0.25) is 0 Å². The van der Waals surface area contributed by atoms with Crippen molar-refractivity contribution >= 4 is 17.6 Å². The van der Waals surface area contributed by atoms with Crippen molar-refractivity contribution in [2.24, 2.45) is 23.7 Å². The summed E-state index contributed by atoms with van der Waals surface area (Å²) < 4.78 is 5.90. The van der Waals surface area contributed by atoms with E-state index in [9.17, 15) is 9.59 Å². The summed E-state index contributed by atoms with van der Waals surface area (Å²) in [5, 5.41) is 2.89. The summed E-state index contributed by atoms with van der Waals surface area (Å²) in [6.45, 7) is 1.57. The molecule has 2 aromatic rings.